The van der Waals surface area contributed by atoms with Gasteiger partial charge in [0.15, 0.2) is 0 Å². The number of hydrogen-bond donors (Lipinski definition) is 2. The highest BCUT2D eigenvalue weighted by Crippen LogP contribution is 2.23. The Hall–Kier alpha value is -1.58. The van der Waals surface area contributed by atoms with Crippen molar-refractivity contribution in [2.24, 2.45) is 0 Å². The Balaban J connectivity index is 2.87. The molecule has 88 valence electrons. The van der Waals surface area contributed by atoms with Gasteiger partial charge in [0, 0.05) is 6.20 Å². The van der Waals surface area contributed by atoms with Crippen LogP contribution < -0.4 is 5.32 Å². The predicted octanol–water partition coefficient (Wildman–Crippen LogP) is 2.26. The first-order valence-electron chi connectivity index (χ1n) is 5.26. The molecule has 1 heterocycles. The van der Waals surface area contributed by atoms with E-state index in [4.69, 9.17) is 5.11 Å². The van der Waals surface area contributed by atoms with E-state index in [1.54, 1.807) is 13.1 Å². The second kappa shape index (κ2) is 4.51. The highest BCUT2D eigenvalue weighted by atomic mass is 16.4. The summed E-state index contributed by atoms with van der Waals surface area (Å²) in [5.41, 5.74) is 1.16. The molecule has 1 rings (SSSR count). The van der Waals surface area contributed by atoms with E-state index < -0.39 is 12.0 Å². The number of aromatic nitrogens is 1. The van der Waals surface area contributed by atoms with Gasteiger partial charge in [-0.1, -0.05) is 20.8 Å². The largest absolute Gasteiger partial charge is 0.480 e. The van der Waals surface area contributed by atoms with Gasteiger partial charge in [-0.05, 0) is 30.0 Å². The molecule has 0 amide bonds. The number of rotatable bonds is 3. The number of carboxylic acid groups (broad SMARTS) is 1. The van der Waals surface area contributed by atoms with Crippen molar-refractivity contribution in [3.63, 3.8) is 0 Å². The first-order valence-corrected chi connectivity index (χ1v) is 5.26. The standard InChI is InChI=1S/C12H18N2O2/c1-8(11(15)16)14-10-7-9(5-6-13-10)12(2,3)4/h5-8H,1-4H3,(H,13,14)(H,15,16). The first kappa shape index (κ1) is 12.5. The molecular formula is C12H18N2O2. The summed E-state index contributed by atoms with van der Waals surface area (Å²) < 4.78 is 0. The first-order chi connectivity index (χ1) is 7.30. The van der Waals surface area contributed by atoms with Crippen LogP contribution in [0.4, 0.5) is 5.82 Å². The zero-order valence-corrected chi connectivity index (χ0v) is 10.1. The SMILES string of the molecule is CC(Nc1cc(C(C)(C)C)ccn1)C(=O)O. The van der Waals surface area contributed by atoms with E-state index in [0.29, 0.717) is 5.82 Å². The topological polar surface area (TPSA) is 62.2 Å². The van der Waals surface area contributed by atoms with E-state index in [2.05, 4.69) is 31.1 Å². The van der Waals surface area contributed by atoms with Gasteiger partial charge in [0.05, 0.1) is 0 Å². The Labute approximate surface area is 95.7 Å². The molecule has 1 atom stereocenters. The number of nitrogens with one attached hydrogen (secondary N) is 1. The van der Waals surface area contributed by atoms with Crippen molar-refractivity contribution < 1.29 is 9.90 Å². The van der Waals surface area contributed by atoms with Crippen LogP contribution in [0.3, 0.4) is 0 Å². The molecule has 1 aromatic heterocycles. The zero-order valence-electron chi connectivity index (χ0n) is 10.1. The minimum absolute atomic E-state index is 0.0336. The summed E-state index contributed by atoms with van der Waals surface area (Å²) in [6.07, 6.45) is 1.69. The third-order valence-corrected chi connectivity index (χ3v) is 2.36. The van der Waals surface area contributed by atoms with Gasteiger partial charge in [-0.3, -0.25) is 4.79 Å². The Morgan fingerprint density at radius 2 is 2.12 bits per heavy atom. The smallest absolute Gasteiger partial charge is 0.325 e. The van der Waals surface area contributed by atoms with Crippen molar-refractivity contribution in [1.29, 1.82) is 0 Å². The molecule has 0 aliphatic heterocycles. The fraction of sp³-hybridized carbons (Fsp3) is 0.500. The molecule has 0 radical (unpaired) electrons. The van der Waals surface area contributed by atoms with Crippen molar-refractivity contribution in [3.8, 4) is 0 Å². The van der Waals surface area contributed by atoms with Gasteiger partial charge in [0.25, 0.3) is 0 Å². The van der Waals surface area contributed by atoms with Gasteiger partial charge in [-0.25, -0.2) is 4.98 Å². The molecule has 0 spiro atoms. The molecule has 2 N–H and O–H groups in total. The Morgan fingerprint density at radius 3 is 2.62 bits per heavy atom. The third kappa shape index (κ3) is 3.22. The molecule has 4 nitrogen and oxygen atoms in total. The van der Waals surface area contributed by atoms with Crippen molar-refractivity contribution in [2.45, 2.75) is 39.2 Å². The highest BCUT2D eigenvalue weighted by molar-refractivity contribution is 5.76. The number of anilines is 1. The maximum atomic E-state index is 10.7. The van der Waals surface area contributed by atoms with E-state index in [1.165, 1.54) is 0 Å². The summed E-state index contributed by atoms with van der Waals surface area (Å²) in [6, 6.07) is 3.19. The average molecular weight is 222 g/mol. The maximum absolute atomic E-state index is 10.7. The lowest BCUT2D eigenvalue weighted by Gasteiger charge is -2.20. The summed E-state index contributed by atoms with van der Waals surface area (Å²) in [5, 5.41) is 11.6. The summed E-state index contributed by atoms with van der Waals surface area (Å²) in [6.45, 7) is 7.90. The zero-order chi connectivity index (χ0) is 12.3. The molecule has 0 saturated carbocycles. The normalized spacial score (nSPS) is 13.2. The van der Waals surface area contributed by atoms with E-state index >= 15 is 0 Å². The molecule has 0 saturated heterocycles. The van der Waals surface area contributed by atoms with Gasteiger partial charge in [-0.2, -0.15) is 0 Å². The Kier molecular flexibility index (Phi) is 3.52. The molecule has 0 fully saturated rings. The Morgan fingerprint density at radius 1 is 1.50 bits per heavy atom. The summed E-state index contributed by atoms with van der Waals surface area (Å²) in [7, 11) is 0. The van der Waals surface area contributed by atoms with E-state index in [1.807, 2.05) is 12.1 Å². The molecule has 16 heavy (non-hydrogen) atoms. The van der Waals surface area contributed by atoms with Crippen LogP contribution in [-0.2, 0) is 10.2 Å². The van der Waals surface area contributed by atoms with Gasteiger partial charge in [0.1, 0.15) is 11.9 Å². The maximum Gasteiger partial charge on any atom is 0.325 e. The van der Waals surface area contributed by atoms with Gasteiger partial charge in [-0.15, -0.1) is 0 Å². The number of nitrogens with zero attached hydrogens (tertiary/aromatic N) is 1. The lowest BCUT2D eigenvalue weighted by Crippen LogP contribution is -2.26. The number of carbonyl (C=O) groups is 1. The van der Waals surface area contributed by atoms with Crippen molar-refractivity contribution >= 4 is 11.8 Å². The quantitative estimate of drug-likeness (QED) is 0.823. The summed E-state index contributed by atoms with van der Waals surface area (Å²) in [5.74, 6) is -0.287. The van der Waals surface area contributed by atoms with Gasteiger partial charge < -0.3 is 10.4 Å². The highest BCUT2D eigenvalue weighted by Gasteiger charge is 2.16. The summed E-state index contributed by atoms with van der Waals surface area (Å²) in [4.78, 5) is 14.8. The number of hydrogen-bond acceptors (Lipinski definition) is 3. The van der Waals surface area contributed by atoms with E-state index in [0.717, 1.165) is 5.56 Å². The lowest BCUT2D eigenvalue weighted by atomic mass is 9.88. The lowest BCUT2D eigenvalue weighted by molar-refractivity contribution is -0.137. The fourth-order valence-electron chi connectivity index (χ4n) is 1.26. The molecular weight excluding hydrogens is 204 g/mol. The van der Waals surface area contributed by atoms with Crippen molar-refractivity contribution in [3.05, 3.63) is 23.9 Å². The monoisotopic (exact) mass is 222 g/mol. The van der Waals surface area contributed by atoms with Crippen LogP contribution in [0.2, 0.25) is 0 Å². The molecule has 4 heteroatoms. The molecule has 0 aliphatic carbocycles. The Bertz CT molecular complexity index is 383. The molecule has 0 aromatic carbocycles. The van der Waals surface area contributed by atoms with E-state index in [-0.39, 0.29) is 5.41 Å². The van der Waals surface area contributed by atoms with Crippen LogP contribution >= 0.6 is 0 Å². The second-order valence-corrected chi connectivity index (χ2v) is 4.88. The minimum atomic E-state index is -0.886. The predicted molar refractivity (Wildman–Crippen MR) is 63.7 cm³/mol. The second-order valence-electron chi connectivity index (χ2n) is 4.88. The average Bonchev–Trinajstić information content (AvgIpc) is 2.16. The van der Waals surface area contributed by atoms with Crippen LogP contribution in [0.1, 0.15) is 33.3 Å². The fourth-order valence-corrected chi connectivity index (χ4v) is 1.26. The van der Waals surface area contributed by atoms with Crippen LogP contribution in [0, 0.1) is 0 Å². The van der Waals surface area contributed by atoms with E-state index in [9.17, 15) is 4.79 Å². The number of aliphatic carboxylic acids is 1. The summed E-state index contributed by atoms with van der Waals surface area (Å²) >= 11 is 0. The minimum Gasteiger partial charge on any atom is -0.480 e. The van der Waals surface area contributed by atoms with Crippen LogP contribution in [0.5, 0.6) is 0 Å². The number of pyridine rings is 1. The van der Waals surface area contributed by atoms with Gasteiger partial charge in [0.2, 0.25) is 0 Å². The van der Waals surface area contributed by atoms with Gasteiger partial charge >= 0.3 is 5.97 Å². The van der Waals surface area contributed by atoms with Crippen molar-refractivity contribution in [1.82, 2.24) is 4.98 Å². The van der Waals surface area contributed by atoms with Crippen LogP contribution in [-0.4, -0.2) is 22.1 Å². The molecule has 0 aliphatic rings. The number of carboxylic acids is 1. The van der Waals surface area contributed by atoms with Crippen LogP contribution in [0.25, 0.3) is 0 Å². The van der Waals surface area contributed by atoms with Crippen LogP contribution in [0.15, 0.2) is 18.3 Å². The molecule has 1 unspecified atom stereocenters. The molecule has 0 bridgehead atoms. The third-order valence-electron chi connectivity index (χ3n) is 2.36. The molecule has 1 aromatic rings. The van der Waals surface area contributed by atoms with Crippen molar-refractivity contribution in [2.75, 3.05) is 5.32 Å².